The second kappa shape index (κ2) is 8.39. The normalized spacial score (nSPS) is 11.1. The number of ether oxygens (including phenoxy) is 1. The van der Waals surface area contributed by atoms with Crippen molar-refractivity contribution in [3.8, 4) is 17.1 Å². The Bertz CT molecular complexity index is 1290. The molecule has 2 aromatic carbocycles. The number of aromatic nitrogens is 5. The van der Waals surface area contributed by atoms with Gasteiger partial charge in [0.2, 0.25) is 0 Å². The molecule has 0 unspecified atom stereocenters. The summed E-state index contributed by atoms with van der Waals surface area (Å²) >= 11 is 0. The molecule has 1 amide bonds. The minimum absolute atomic E-state index is 0.138. The zero-order chi connectivity index (χ0) is 22.0. The van der Waals surface area contributed by atoms with Crippen LogP contribution >= 0.6 is 0 Å². The van der Waals surface area contributed by atoms with Crippen LogP contribution in [-0.4, -0.2) is 38.0 Å². The van der Waals surface area contributed by atoms with Gasteiger partial charge in [-0.2, -0.15) is 10.2 Å². The smallest absolute Gasteiger partial charge is 0.274 e. The van der Waals surface area contributed by atoms with Crippen LogP contribution in [0.4, 0.5) is 0 Å². The van der Waals surface area contributed by atoms with E-state index in [-0.39, 0.29) is 23.8 Å². The number of nitrogens with one attached hydrogen (secondary N) is 2. The molecule has 158 valence electrons. The molecule has 0 aliphatic rings. The summed E-state index contributed by atoms with van der Waals surface area (Å²) in [6.07, 6.45) is 0. The van der Waals surface area contributed by atoms with Gasteiger partial charge in [-0.3, -0.25) is 14.7 Å². The Balaban J connectivity index is 1.56. The summed E-state index contributed by atoms with van der Waals surface area (Å²) in [5, 5.41) is 15.1. The van der Waals surface area contributed by atoms with Crippen molar-refractivity contribution in [3.05, 3.63) is 70.4 Å². The Labute approximate surface area is 178 Å². The Kier molecular flexibility index (Phi) is 5.48. The average Bonchev–Trinajstić information content (AvgIpc) is 3.27. The Hall–Kier alpha value is -4.01. The Morgan fingerprint density at radius 1 is 1.13 bits per heavy atom. The van der Waals surface area contributed by atoms with E-state index in [1.54, 1.807) is 31.4 Å². The first-order chi connectivity index (χ1) is 15.0. The maximum Gasteiger partial charge on any atom is 0.274 e. The van der Waals surface area contributed by atoms with Crippen molar-refractivity contribution in [1.82, 2.24) is 30.3 Å². The van der Waals surface area contributed by atoms with Crippen LogP contribution < -0.4 is 15.6 Å². The lowest BCUT2D eigenvalue weighted by atomic mass is 10.1. The van der Waals surface area contributed by atoms with Gasteiger partial charge in [0, 0.05) is 10.9 Å². The van der Waals surface area contributed by atoms with Crippen LogP contribution in [0, 0.1) is 0 Å². The van der Waals surface area contributed by atoms with Crippen LogP contribution in [-0.2, 0) is 6.54 Å². The number of aromatic amines is 1. The van der Waals surface area contributed by atoms with Gasteiger partial charge in [-0.15, -0.1) is 0 Å². The Morgan fingerprint density at radius 2 is 1.84 bits per heavy atom. The van der Waals surface area contributed by atoms with E-state index in [0.29, 0.717) is 22.4 Å². The lowest BCUT2D eigenvalue weighted by Gasteiger charge is -2.13. The van der Waals surface area contributed by atoms with Crippen LogP contribution in [0.1, 0.15) is 36.2 Å². The number of hydrogen-bond donors (Lipinski definition) is 2. The molecule has 9 nitrogen and oxygen atoms in total. The highest BCUT2D eigenvalue weighted by atomic mass is 16.5. The zero-order valence-electron chi connectivity index (χ0n) is 17.4. The number of H-pyrrole nitrogens is 1. The van der Waals surface area contributed by atoms with Gasteiger partial charge in [-0.1, -0.05) is 18.2 Å². The van der Waals surface area contributed by atoms with Gasteiger partial charge in [-0.25, -0.2) is 9.67 Å². The van der Waals surface area contributed by atoms with Gasteiger partial charge in [0.1, 0.15) is 11.6 Å². The fourth-order valence-electron chi connectivity index (χ4n) is 3.22. The van der Waals surface area contributed by atoms with Crippen molar-refractivity contribution in [2.45, 2.75) is 26.4 Å². The second-order valence-electron chi connectivity index (χ2n) is 7.25. The lowest BCUT2D eigenvalue weighted by Crippen LogP contribution is -2.31. The third-order valence-electron chi connectivity index (χ3n) is 4.83. The lowest BCUT2D eigenvalue weighted by molar-refractivity contribution is 0.0944. The number of hydrogen-bond acceptors (Lipinski definition) is 6. The molecule has 9 heteroatoms. The molecule has 0 aliphatic heterocycles. The maximum absolute atomic E-state index is 12.9. The summed E-state index contributed by atoms with van der Waals surface area (Å²) in [6, 6.07) is 14.2. The van der Waals surface area contributed by atoms with Crippen LogP contribution in [0.15, 0.2) is 53.3 Å². The summed E-state index contributed by atoms with van der Waals surface area (Å²) in [6.45, 7) is 3.83. The van der Waals surface area contributed by atoms with Crippen molar-refractivity contribution in [1.29, 1.82) is 0 Å². The van der Waals surface area contributed by atoms with Gasteiger partial charge < -0.3 is 10.1 Å². The molecule has 2 N–H and O–H groups in total. The van der Waals surface area contributed by atoms with Gasteiger partial charge >= 0.3 is 0 Å². The molecule has 0 fully saturated rings. The topological polar surface area (TPSA) is 115 Å². The first kappa shape index (κ1) is 20.3. The predicted octanol–water partition coefficient (Wildman–Crippen LogP) is 2.70. The van der Waals surface area contributed by atoms with E-state index < -0.39 is 5.91 Å². The third kappa shape index (κ3) is 4.02. The van der Waals surface area contributed by atoms with Crippen molar-refractivity contribution < 1.29 is 9.53 Å². The molecular formula is C22H22N6O3. The first-order valence-corrected chi connectivity index (χ1v) is 9.83. The van der Waals surface area contributed by atoms with Crippen LogP contribution in [0.5, 0.6) is 5.75 Å². The van der Waals surface area contributed by atoms with Crippen molar-refractivity contribution in [3.63, 3.8) is 0 Å². The highest BCUT2D eigenvalue weighted by Gasteiger charge is 2.18. The molecule has 0 spiro atoms. The molecule has 0 aliphatic carbocycles. The standard InChI is InChI=1S/C22H22N6O3/c1-13(2)28-22(30)17-7-5-4-6-16(17)19(27-28)21(29)23-12-18-24-20(26-25-18)14-8-10-15(31-3)11-9-14/h4-11,13H,12H2,1-3H3,(H,23,29)(H,24,25,26). The SMILES string of the molecule is COc1ccc(-c2n[nH]c(CNC(=O)c3nn(C(C)C)c(=O)c4ccccc34)n2)cc1. The van der Waals surface area contributed by atoms with E-state index in [4.69, 9.17) is 4.74 Å². The molecule has 2 aromatic heterocycles. The van der Waals surface area contributed by atoms with Crippen LogP contribution in [0.2, 0.25) is 0 Å². The molecule has 0 bridgehead atoms. The van der Waals surface area contributed by atoms with E-state index >= 15 is 0 Å². The summed E-state index contributed by atoms with van der Waals surface area (Å²) in [5.74, 6) is 1.37. The molecule has 0 saturated heterocycles. The van der Waals surface area contributed by atoms with Crippen molar-refractivity contribution >= 4 is 16.7 Å². The fraction of sp³-hybridized carbons (Fsp3) is 0.227. The molecule has 0 radical (unpaired) electrons. The number of methoxy groups -OCH3 is 1. The van der Waals surface area contributed by atoms with E-state index in [1.165, 1.54) is 4.68 Å². The summed E-state index contributed by atoms with van der Waals surface area (Å²) in [4.78, 5) is 30.0. The second-order valence-corrected chi connectivity index (χ2v) is 7.25. The first-order valence-electron chi connectivity index (χ1n) is 9.83. The van der Waals surface area contributed by atoms with Gasteiger partial charge in [0.25, 0.3) is 11.5 Å². The van der Waals surface area contributed by atoms with Crippen LogP contribution in [0.25, 0.3) is 22.2 Å². The third-order valence-corrected chi connectivity index (χ3v) is 4.83. The molecule has 31 heavy (non-hydrogen) atoms. The molecular weight excluding hydrogens is 396 g/mol. The summed E-state index contributed by atoms with van der Waals surface area (Å²) in [5.41, 5.74) is 0.798. The highest BCUT2D eigenvalue weighted by Crippen LogP contribution is 2.19. The average molecular weight is 418 g/mol. The highest BCUT2D eigenvalue weighted by molar-refractivity contribution is 6.04. The van der Waals surface area contributed by atoms with E-state index in [9.17, 15) is 9.59 Å². The molecule has 0 saturated carbocycles. The van der Waals surface area contributed by atoms with Crippen molar-refractivity contribution in [2.24, 2.45) is 0 Å². The van der Waals surface area contributed by atoms with Crippen LogP contribution in [0.3, 0.4) is 0 Å². The summed E-state index contributed by atoms with van der Waals surface area (Å²) < 4.78 is 6.48. The maximum atomic E-state index is 12.9. The molecule has 2 heterocycles. The summed E-state index contributed by atoms with van der Waals surface area (Å²) in [7, 11) is 1.61. The number of carbonyl (C=O) groups is 1. The largest absolute Gasteiger partial charge is 0.497 e. The van der Waals surface area contributed by atoms with Gasteiger partial charge in [-0.05, 0) is 44.2 Å². The minimum Gasteiger partial charge on any atom is -0.497 e. The molecule has 4 rings (SSSR count). The van der Waals surface area contributed by atoms with E-state index in [2.05, 4.69) is 25.6 Å². The molecule has 4 aromatic rings. The molecule has 0 atom stereocenters. The number of amides is 1. The number of benzene rings is 2. The van der Waals surface area contributed by atoms with Gasteiger partial charge in [0.15, 0.2) is 11.5 Å². The quantitative estimate of drug-likeness (QED) is 0.498. The van der Waals surface area contributed by atoms with Crippen molar-refractivity contribution in [2.75, 3.05) is 7.11 Å². The number of nitrogens with zero attached hydrogens (tertiary/aromatic N) is 4. The number of carbonyl (C=O) groups excluding carboxylic acids is 1. The monoisotopic (exact) mass is 418 g/mol. The predicted molar refractivity (Wildman–Crippen MR) is 116 cm³/mol. The van der Waals surface area contributed by atoms with E-state index in [1.807, 2.05) is 38.1 Å². The Morgan fingerprint density at radius 3 is 2.52 bits per heavy atom. The van der Waals surface area contributed by atoms with E-state index in [0.717, 1.165) is 11.3 Å². The number of fused-ring (bicyclic) bond motifs is 1. The zero-order valence-corrected chi connectivity index (χ0v) is 17.4. The van der Waals surface area contributed by atoms with Gasteiger partial charge in [0.05, 0.1) is 25.1 Å². The number of rotatable bonds is 6. The minimum atomic E-state index is -0.395. The fourth-order valence-corrected chi connectivity index (χ4v) is 3.22.